The minimum atomic E-state index is -1.19. The lowest BCUT2D eigenvalue weighted by Gasteiger charge is -2.17. The van der Waals surface area contributed by atoms with Crippen LogP contribution in [0.25, 0.3) is 10.8 Å². The SMILES string of the molecule is C[Si](C)(C)Sc1cccc2cccc(N=C3CC3)c12. The van der Waals surface area contributed by atoms with Gasteiger partial charge in [-0.3, -0.25) is 4.99 Å². The fourth-order valence-electron chi connectivity index (χ4n) is 2.13. The van der Waals surface area contributed by atoms with Gasteiger partial charge < -0.3 is 0 Å². The van der Waals surface area contributed by atoms with Crippen LogP contribution in [0.2, 0.25) is 19.6 Å². The average molecular weight is 285 g/mol. The molecule has 0 amide bonds. The maximum atomic E-state index is 4.81. The van der Waals surface area contributed by atoms with Crippen LogP contribution in [0.4, 0.5) is 5.69 Å². The number of nitrogens with zero attached hydrogens (tertiary/aromatic N) is 1. The summed E-state index contributed by atoms with van der Waals surface area (Å²) in [5, 5.41) is 2.66. The molecule has 1 fully saturated rings. The van der Waals surface area contributed by atoms with Crippen molar-refractivity contribution >= 4 is 40.6 Å². The van der Waals surface area contributed by atoms with E-state index in [1.165, 1.54) is 34.2 Å². The van der Waals surface area contributed by atoms with Gasteiger partial charge >= 0.3 is 0 Å². The summed E-state index contributed by atoms with van der Waals surface area (Å²) < 4.78 is 0. The number of benzene rings is 2. The third-order valence-corrected chi connectivity index (χ3v) is 6.68. The molecule has 0 heterocycles. The van der Waals surface area contributed by atoms with Crippen molar-refractivity contribution in [1.82, 2.24) is 0 Å². The molecule has 0 aromatic heterocycles. The van der Waals surface area contributed by atoms with Crippen molar-refractivity contribution in [3.8, 4) is 0 Å². The molecule has 0 N–H and O–H groups in total. The number of rotatable bonds is 3. The van der Waals surface area contributed by atoms with Gasteiger partial charge in [-0.25, -0.2) is 0 Å². The van der Waals surface area contributed by atoms with Crippen LogP contribution in [0.1, 0.15) is 12.8 Å². The van der Waals surface area contributed by atoms with E-state index in [0.29, 0.717) is 0 Å². The van der Waals surface area contributed by atoms with Crippen molar-refractivity contribution in [3.05, 3.63) is 36.4 Å². The van der Waals surface area contributed by atoms with Gasteiger partial charge in [-0.2, -0.15) is 11.2 Å². The molecule has 0 radical (unpaired) electrons. The molecule has 98 valence electrons. The first-order valence-electron chi connectivity index (χ1n) is 6.80. The lowest BCUT2D eigenvalue weighted by molar-refractivity contribution is 1.50. The van der Waals surface area contributed by atoms with Crippen molar-refractivity contribution < 1.29 is 0 Å². The van der Waals surface area contributed by atoms with Crippen LogP contribution in [-0.4, -0.2) is 12.9 Å². The second-order valence-electron chi connectivity index (χ2n) is 6.02. The molecular weight excluding hydrogens is 266 g/mol. The normalized spacial score (nSPS) is 14.8. The Bertz CT molecular complexity index is 644. The molecule has 3 heteroatoms. The summed E-state index contributed by atoms with van der Waals surface area (Å²) in [5.41, 5.74) is 2.51. The highest BCUT2D eigenvalue weighted by Crippen LogP contribution is 2.39. The summed E-state index contributed by atoms with van der Waals surface area (Å²) in [6, 6.07) is 13.1. The van der Waals surface area contributed by atoms with Gasteiger partial charge in [0, 0.05) is 16.0 Å². The highest BCUT2D eigenvalue weighted by atomic mass is 32.4. The molecule has 0 spiro atoms. The van der Waals surface area contributed by atoms with Crippen LogP contribution < -0.4 is 0 Å². The van der Waals surface area contributed by atoms with Crippen molar-refractivity contribution in [2.75, 3.05) is 0 Å². The molecule has 1 nitrogen and oxygen atoms in total. The zero-order valence-corrected chi connectivity index (χ0v) is 13.6. The summed E-state index contributed by atoms with van der Waals surface area (Å²) in [4.78, 5) is 6.21. The predicted octanol–water partition coefficient (Wildman–Crippen LogP) is 5.63. The van der Waals surface area contributed by atoms with Crippen LogP contribution in [0.5, 0.6) is 0 Å². The summed E-state index contributed by atoms with van der Waals surface area (Å²) in [5.74, 6) is 0. The average Bonchev–Trinajstić information content (AvgIpc) is 3.11. The first-order valence-corrected chi connectivity index (χ1v) is 11.8. The van der Waals surface area contributed by atoms with E-state index in [0.717, 1.165) is 5.69 Å². The molecule has 1 saturated carbocycles. The van der Waals surface area contributed by atoms with E-state index in [9.17, 15) is 0 Å². The Balaban J connectivity index is 2.18. The highest BCUT2D eigenvalue weighted by molar-refractivity contribution is 8.28. The summed E-state index contributed by atoms with van der Waals surface area (Å²) in [6.45, 7) is 7.18. The maximum Gasteiger partial charge on any atom is 0.114 e. The van der Waals surface area contributed by atoms with Crippen molar-refractivity contribution in [2.24, 2.45) is 4.99 Å². The summed E-state index contributed by atoms with van der Waals surface area (Å²) in [6.07, 6.45) is 2.36. The number of aliphatic imine (C=N–C) groups is 1. The van der Waals surface area contributed by atoms with E-state index >= 15 is 0 Å². The quantitative estimate of drug-likeness (QED) is 0.665. The molecule has 0 saturated heterocycles. The fourth-order valence-corrected chi connectivity index (χ4v) is 5.75. The minimum Gasteiger partial charge on any atom is -0.257 e. The Hall–Kier alpha value is -1.06. The molecule has 0 bridgehead atoms. The first kappa shape index (κ1) is 12.9. The van der Waals surface area contributed by atoms with Crippen LogP contribution in [0.3, 0.4) is 0 Å². The molecule has 0 atom stereocenters. The topological polar surface area (TPSA) is 12.4 Å². The van der Waals surface area contributed by atoms with Gasteiger partial charge in [0.05, 0.1) is 5.69 Å². The monoisotopic (exact) mass is 285 g/mol. The van der Waals surface area contributed by atoms with Crippen molar-refractivity contribution in [3.63, 3.8) is 0 Å². The molecule has 0 aliphatic heterocycles. The van der Waals surface area contributed by atoms with E-state index in [1.54, 1.807) is 0 Å². The first-order chi connectivity index (χ1) is 9.03. The lowest BCUT2D eigenvalue weighted by Crippen LogP contribution is -2.13. The molecular formula is C16H19NSSi. The van der Waals surface area contributed by atoms with Crippen molar-refractivity contribution in [1.29, 1.82) is 0 Å². The van der Waals surface area contributed by atoms with Crippen LogP contribution in [0.15, 0.2) is 46.3 Å². The van der Waals surface area contributed by atoms with Gasteiger partial charge in [0.25, 0.3) is 0 Å². The van der Waals surface area contributed by atoms with E-state index < -0.39 is 7.22 Å². The minimum absolute atomic E-state index is 1.16. The Morgan fingerprint density at radius 1 is 1.00 bits per heavy atom. The van der Waals surface area contributed by atoms with Gasteiger partial charge in [-0.15, -0.1) is 0 Å². The number of hydrogen-bond acceptors (Lipinski definition) is 2. The van der Waals surface area contributed by atoms with Gasteiger partial charge in [0.1, 0.15) is 7.22 Å². The van der Waals surface area contributed by atoms with E-state index in [1.807, 2.05) is 0 Å². The van der Waals surface area contributed by atoms with E-state index in [2.05, 4.69) is 67.3 Å². The fraction of sp³-hybridized carbons (Fsp3) is 0.312. The molecule has 2 aromatic rings. The highest BCUT2D eigenvalue weighted by Gasteiger charge is 2.19. The molecule has 2 aromatic carbocycles. The maximum absolute atomic E-state index is 4.81. The Morgan fingerprint density at radius 3 is 2.32 bits per heavy atom. The number of hydrogen-bond donors (Lipinski definition) is 0. The largest absolute Gasteiger partial charge is 0.257 e. The van der Waals surface area contributed by atoms with Gasteiger partial charge in [0.15, 0.2) is 0 Å². The lowest BCUT2D eigenvalue weighted by atomic mass is 10.1. The number of fused-ring (bicyclic) bond motifs is 1. The third kappa shape index (κ3) is 3.10. The van der Waals surface area contributed by atoms with Gasteiger partial charge in [-0.05, 0) is 30.4 Å². The van der Waals surface area contributed by atoms with Gasteiger partial charge in [-0.1, -0.05) is 43.9 Å². The van der Waals surface area contributed by atoms with Gasteiger partial charge in [0.2, 0.25) is 0 Å². The summed E-state index contributed by atoms with van der Waals surface area (Å²) in [7, 11) is -1.19. The zero-order valence-electron chi connectivity index (χ0n) is 11.7. The molecule has 19 heavy (non-hydrogen) atoms. The second-order valence-corrected chi connectivity index (χ2v) is 15.2. The molecule has 3 rings (SSSR count). The molecule has 0 unspecified atom stereocenters. The van der Waals surface area contributed by atoms with Crippen molar-refractivity contribution in [2.45, 2.75) is 37.4 Å². The van der Waals surface area contributed by atoms with Crippen LogP contribution >= 0.6 is 11.2 Å². The smallest absolute Gasteiger partial charge is 0.114 e. The molecule has 1 aliphatic rings. The second kappa shape index (κ2) is 4.80. The Labute approximate surface area is 119 Å². The van der Waals surface area contributed by atoms with E-state index in [-0.39, 0.29) is 0 Å². The summed E-state index contributed by atoms with van der Waals surface area (Å²) >= 11 is 2.06. The van der Waals surface area contributed by atoms with Crippen LogP contribution in [-0.2, 0) is 0 Å². The molecule has 1 aliphatic carbocycles. The Kier molecular flexibility index (Phi) is 3.27. The third-order valence-electron chi connectivity index (χ3n) is 3.01. The van der Waals surface area contributed by atoms with Crippen LogP contribution in [0, 0.1) is 0 Å². The Morgan fingerprint density at radius 2 is 1.68 bits per heavy atom. The standard InChI is InChI=1S/C16H19NSSi/c1-19(2,3)18-15-9-5-7-12-6-4-8-14(16(12)15)17-13-10-11-13/h4-9H,10-11H2,1-3H3. The zero-order chi connectivity index (χ0) is 13.5. The predicted molar refractivity (Wildman–Crippen MR) is 89.5 cm³/mol. The van der Waals surface area contributed by atoms with E-state index in [4.69, 9.17) is 4.99 Å².